The summed E-state index contributed by atoms with van der Waals surface area (Å²) in [6.07, 6.45) is 5.50. The number of nitrogens with zero attached hydrogens (tertiary/aromatic N) is 1. The molecule has 20 heavy (non-hydrogen) atoms. The van der Waals surface area contributed by atoms with Crippen molar-refractivity contribution in [3.8, 4) is 0 Å². The smallest absolute Gasteiger partial charge is 0.222 e. The molecular formula is C15H21IN2OS. The van der Waals surface area contributed by atoms with Gasteiger partial charge in [-0.15, -0.1) is 11.3 Å². The number of halogens is 1. The molecule has 1 N–H and O–H groups in total. The summed E-state index contributed by atoms with van der Waals surface area (Å²) in [4.78, 5) is 15.3. The highest BCUT2D eigenvalue weighted by atomic mass is 127. The highest BCUT2D eigenvalue weighted by molar-refractivity contribution is 14.1. The molecule has 110 valence electrons. The Labute approximate surface area is 138 Å². The summed E-state index contributed by atoms with van der Waals surface area (Å²) in [6.45, 7) is 4.00. The minimum Gasteiger partial charge on any atom is -0.341 e. The number of likely N-dealkylation sites (tertiary alicyclic amines) is 1. The first kappa shape index (κ1) is 14.8. The molecule has 2 atom stereocenters. The highest BCUT2D eigenvalue weighted by Gasteiger charge is 2.26. The van der Waals surface area contributed by atoms with Crippen molar-refractivity contribution in [1.29, 1.82) is 0 Å². The van der Waals surface area contributed by atoms with E-state index >= 15 is 0 Å². The fourth-order valence-electron chi connectivity index (χ4n) is 3.32. The minimum absolute atomic E-state index is 0.327. The Kier molecular flexibility index (Phi) is 4.67. The number of hydrogen-bond donors (Lipinski definition) is 1. The predicted molar refractivity (Wildman–Crippen MR) is 91.1 cm³/mol. The van der Waals surface area contributed by atoms with Crippen molar-refractivity contribution in [2.24, 2.45) is 0 Å². The lowest BCUT2D eigenvalue weighted by molar-refractivity contribution is -0.128. The van der Waals surface area contributed by atoms with Crippen LogP contribution in [0.1, 0.15) is 49.1 Å². The maximum Gasteiger partial charge on any atom is 0.222 e. The first-order chi connectivity index (χ1) is 9.63. The third kappa shape index (κ3) is 3.20. The van der Waals surface area contributed by atoms with Crippen molar-refractivity contribution in [1.82, 2.24) is 10.2 Å². The number of carbonyl (C=O) groups is 1. The van der Waals surface area contributed by atoms with E-state index in [4.69, 9.17) is 0 Å². The number of amides is 1. The van der Waals surface area contributed by atoms with Gasteiger partial charge in [-0.25, -0.2) is 0 Å². The second-order valence-electron chi connectivity index (χ2n) is 5.88. The molecule has 1 aromatic rings. The molecular weight excluding hydrogens is 383 g/mol. The van der Waals surface area contributed by atoms with Crippen LogP contribution in [0.5, 0.6) is 0 Å². The number of hydrogen-bond acceptors (Lipinski definition) is 3. The Morgan fingerprint density at radius 2 is 2.35 bits per heavy atom. The maximum atomic E-state index is 11.7. The molecule has 0 bridgehead atoms. The lowest BCUT2D eigenvalue weighted by Crippen LogP contribution is -2.41. The number of rotatable bonds is 4. The largest absolute Gasteiger partial charge is 0.341 e. The summed E-state index contributed by atoms with van der Waals surface area (Å²) in [7, 11) is 0. The highest BCUT2D eigenvalue weighted by Crippen LogP contribution is 2.36. The number of fused-ring (bicyclic) bond motifs is 1. The summed E-state index contributed by atoms with van der Waals surface area (Å²) < 4.78 is 1.39. The molecule has 0 aromatic carbocycles. The van der Waals surface area contributed by atoms with Crippen LogP contribution < -0.4 is 5.32 Å². The average molecular weight is 404 g/mol. The summed E-state index contributed by atoms with van der Waals surface area (Å²) >= 11 is 4.36. The van der Waals surface area contributed by atoms with Gasteiger partial charge in [0, 0.05) is 36.5 Å². The lowest BCUT2D eigenvalue weighted by Gasteiger charge is -2.29. The summed E-state index contributed by atoms with van der Waals surface area (Å²) in [5.41, 5.74) is 1.50. The van der Waals surface area contributed by atoms with E-state index in [1.807, 2.05) is 16.2 Å². The first-order valence-corrected chi connectivity index (χ1v) is 9.35. The SMILES string of the molecule is CC(CN1CCCC1=O)NC1CCCc2sc(I)cc21. The Morgan fingerprint density at radius 3 is 3.10 bits per heavy atom. The Balaban J connectivity index is 1.61. The third-order valence-electron chi connectivity index (χ3n) is 4.24. The van der Waals surface area contributed by atoms with E-state index in [0.717, 1.165) is 25.9 Å². The molecule has 5 heteroatoms. The van der Waals surface area contributed by atoms with Crippen molar-refractivity contribution in [3.05, 3.63) is 19.4 Å². The third-order valence-corrected chi connectivity index (χ3v) is 6.21. The van der Waals surface area contributed by atoms with Crippen molar-refractivity contribution in [3.63, 3.8) is 0 Å². The number of aryl methyl sites for hydroxylation is 1. The second kappa shape index (κ2) is 6.32. The van der Waals surface area contributed by atoms with E-state index in [1.54, 1.807) is 4.88 Å². The van der Waals surface area contributed by atoms with Gasteiger partial charge in [0.2, 0.25) is 5.91 Å². The summed E-state index contributed by atoms with van der Waals surface area (Å²) in [5, 5.41) is 3.75. The molecule has 3 rings (SSSR count). The van der Waals surface area contributed by atoms with Crippen LogP contribution in [-0.2, 0) is 11.2 Å². The fraction of sp³-hybridized carbons (Fsp3) is 0.667. The van der Waals surface area contributed by atoms with Gasteiger partial charge < -0.3 is 10.2 Å². The summed E-state index contributed by atoms with van der Waals surface area (Å²) in [5.74, 6) is 0.327. The van der Waals surface area contributed by atoms with Crippen LogP contribution in [0.3, 0.4) is 0 Å². The molecule has 2 heterocycles. The molecule has 0 spiro atoms. The molecule has 1 aromatic heterocycles. The molecule has 2 aliphatic rings. The monoisotopic (exact) mass is 404 g/mol. The van der Waals surface area contributed by atoms with Crippen LogP contribution in [0.25, 0.3) is 0 Å². The zero-order chi connectivity index (χ0) is 14.1. The van der Waals surface area contributed by atoms with E-state index in [9.17, 15) is 4.79 Å². The topological polar surface area (TPSA) is 32.3 Å². The van der Waals surface area contributed by atoms with E-state index in [0.29, 0.717) is 18.0 Å². The summed E-state index contributed by atoms with van der Waals surface area (Å²) in [6, 6.07) is 3.18. The molecule has 0 radical (unpaired) electrons. The predicted octanol–water partition coefficient (Wildman–Crippen LogP) is 3.33. The van der Waals surface area contributed by atoms with Crippen LogP contribution in [0.15, 0.2) is 6.07 Å². The van der Waals surface area contributed by atoms with E-state index in [2.05, 4.69) is 40.9 Å². The van der Waals surface area contributed by atoms with Crippen molar-refractivity contribution >= 4 is 39.8 Å². The molecule has 3 nitrogen and oxygen atoms in total. The second-order valence-corrected chi connectivity index (χ2v) is 8.92. The van der Waals surface area contributed by atoms with Gasteiger partial charge in [0.15, 0.2) is 0 Å². The van der Waals surface area contributed by atoms with Crippen LogP contribution >= 0.6 is 33.9 Å². The first-order valence-electron chi connectivity index (χ1n) is 7.45. The average Bonchev–Trinajstić information content (AvgIpc) is 2.96. The molecule has 0 saturated carbocycles. The molecule has 1 amide bonds. The van der Waals surface area contributed by atoms with Gasteiger partial charge in [0.1, 0.15) is 0 Å². The van der Waals surface area contributed by atoms with Gasteiger partial charge in [-0.1, -0.05) is 0 Å². The normalized spacial score (nSPS) is 24.0. The van der Waals surface area contributed by atoms with Crippen molar-refractivity contribution in [2.45, 2.75) is 51.1 Å². The van der Waals surface area contributed by atoms with Gasteiger partial charge in [-0.2, -0.15) is 0 Å². The Morgan fingerprint density at radius 1 is 1.50 bits per heavy atom. The van der Waals surface area contributed by atoms with Gasteiger partial charge in [-0.3, -0.25) is 4.79 Å². The van der Waals surface area contributed by atoms with Crippen LogP contribution in [0.2, 0.25) is 0 Å². The fourth-order valence-corrected chi connectivity index (χ4v) is 5.44. The zero-order valence-electron chi connectivity index (χ0n) is 11.8. The van der Waals surface area contributed by atoms with Crippen LogP contribution in [0, 0.1) is 2.88 Å². The molecule has 1 saturated heterocycles. The Bertz CT molecular complexity index is 502. The van der Waals surface area contributed by atoms with Gasteiger partial charge in [-0.05, 0) is 66.8 Å². The zero-order valence-corrected chi connectivity index (χ0v) is 14.8. The number of thiophene rings is 1. The van der Waals surface area contributed by atoms with E-state index < -0.39 is 0 Å². The quantitative estimate of drug-likeness (QED) is 0.781. The number of carbonyl (C=O) groups excluding carboxylic acids is 1. The van der Waals surface area contributed by atoms with Gasteiger partial charge in [0.25, 0.3) is 0 Å². The van der Waals surface area contributed by atoms with Gasteiger partial charge >= 0.3 is 0 Å². The Hall–Kier alpha value is -0.140. The van der Waals surface area contributed by atoms with Crippen LogP contribution in [0.4, 0.5) is 0 Å². The van der Waals surface area contributed by atoms with E-state index in [-0.39, 0.29) is 0 Å². The molecule has 2 unspecified atom stereocenters. The van der Waals surface area contributed by atoms with Crippen molar-refractivity contribution < 1.29 is 4.79 Å². The lowest BCUT2D eigenvalue weighted by atomic mass is 9.93. The number of nitrogens with one attached hydrogen (secondary N) is 1. The van der Waals surface area contributed by atoms with E-state index in [1.165, 1.54) is 27.7 Å². The molecule has 1 aliphatic heterocycles. The minimum atomic E-state index is 0.327. The van der Waals surface area contributed by atoms with Gasteiger partial charge in [0.05, 0.1) is 2.88 Å². The molecule has 1 aliphatic carbocycles. The standard InChI is InChI=1S/C15H21IN2OS/c1-10(9-18-7-3-6-15(18)19)17-12-4-2-5-13-11(12)8-14(16)20-13/h8,10,12,17H,2-7,9H2,1H3. The maximum absolute atomic E-state index is 11.7. The van der Waals surface area contributed by atoms with Crippen LogP contribution in [-0.4, -0.2) is 29.9 Å². The molecule has 1 fully saturated rings. The van der Waals surface area contributed by atoms with Crippen molar-refractivity contribution in [2.75, 3.05) is 13.1 Å².